The van der Waals surface area contributed by atoms with Crippen LogP contribution in [0.25, 0.3) is 0 Å². The zero-order valence-electron chi connectivity index (χ0n) is 13.6. The van der Waals surface area contributed by atoms with E-state index in [0.717, 1.165) is 0 Å². The van der Waals surface area contributed by atoms with Crippen LogP contribution >= 0.6 is 27.5 Å². The van der Waals surface area contributed by atoms with Gasteiger partial charge in [-0.2, -0.15) is 0 Å². The summed E-state index contributed by atoms with van der Waals surface area (Å²) in [7, 11) is -4.17. The van der Waals surface area contributed by atoms with Gasteiger partial charge in [-0.3, -0.25) is 0 Å². The van der Waals surface area contributed by atoms with Crippen LogP contribution < -0.4 is 14.8 Å². The highest BCUT2D eigenvalue weighted by atomic mass is 79.9. The van der Waals surface area contributed by atoms with E-state index in [2.05, 4.69) is 21.2 Å². The Morgan fingerprint density at radius 2 is 1.81 bits per heavy atom. The molecule has 8 nitrogen and oxygen atoms in total. The number of alkyl halides is 1. The standard InChI is InChI=1S/C16H14BrClN2O6S/c17-7-8-26-11-2-4-12(5-3-11)27(24,25)20-16(23)19-14-9-10(18)1-6-13(14)15(21)22/h1-6,9H,7-8H2,(H,21,22)(H2,19,20,23). The van der Waals surface area contributed by atoms with Gasteiger partial charge in [0.05, 0.1) is 22.8 Å². The molecule has 2 aromatic rings. The van der Waals surface area contributed by atoms with Crippen molar-refractivity contribution >= 4 is 55.2 Å². The summed E-state index contributed by atoms with van der Waals surface area (Å²) in [6.07, 6.45) is 0. The van der Waals surface area contributed by atoms with Gasteiger partial charge in [0.2, 0.25) is 0 Å². The molecule has 0 aliphatic carbocycles. The maximum absolute atomic E-state index is 12.3. The third-order valence-corrected chi connectivity index (χ3v) is 5.07. The minimum Gasteiger partial charge on any atom is -0.493 e. The van der Waals surface area contributed by atoms with Crippen LogP contribution in [0.2, 0.25) is 5.02 Å². The lowest BCUT2D eigenvalue weighted by Crippen LogP contribution is -2.34. The number of aromatic carboxylic acids is 1. The van der Waals surface area contributed by atoms with E-state index in [1.807, 2.05) is 4.72 Å². The molecule has 0 saturated heterocycles. The summed E-state index contributed by atoms with van der Waals surface area (Å²) in [5, 5.41) is 12.1. The molecule has 0 heterocycles. The first-order chi connectivity index (χ1) is 12.7. The first-order valence-corrected chi connectivity index (χ1v) is 10.4. The number of carbonyl (C=O) groups is 2. The molecule has 0 atom stereocenters. The van der Waals surface area contributed by atoms with Gasteiger partial charge in [-0.05, 0) is 42.5 Å². The molecule has 0 unspecified atom stereocenters. The average Bonchev–Trinajstić information content (AvgIpc) is 2.59. The molecule has 0 spiro atoms. The van der Waals surface area contributed by atoms with Crippen LogP contribution in [0.4, 0.5) is 10.5 Å². The Kier molecular flexibility index (Phi) is 7.05. The number of nitrogens with one attached hydrogen (secondary N) is 2. The van der Waals surface area contributed by atoms with Gasteiger partial charge in [0, 0.05) is 10.4 Å². The number of sulfonamides is 1. The lowest BCUT2D eigenvalue weighted by molar-refractivity contribution is 0.0698. The summed E-state index contributed by atoms with van der Waals surface area (Å²) in [6, 6.07) is 8.07. The molecule has 0 bridgehead atoms. The smallest absolute Gasteiger partial charge is 0.337 e. The maximum atomic E-state index is 12.3. The van der Waals surface area contributed by atoms with Crippen LogP contribution in [0.3, 0.4) is 0 Å². The third kappa shape index (κ3) is 5.84. The van der Waals surface area contributed by atoms with Crippen molar-refractivity contribution in [1.29, 1.82) is 0 Å². The Morgan fingerprint density at radius 3 is 2.41 bits per heavy atom. The first-order valence-electron chi connectivity index (χ1n) is 7.38. The molecular weight excluding hydrogens is 464 g/mol. The summed E-state index contributed by atoms with van der Waals surface area (Å²) in [5.74, 6) is -0.827. The van der Waals surface area contributed by atoms with Gasteiger partial charge in [-0.15, -0.1) is 0 Å². The van der Waals surface area contributed by atoms with Crippen LogP contribution in [-0.4, -0.2) is 37.5 Å². The van der Waals surface area contributed by atoms with Crippen molar-refractivity contribution in [3.63, 3.8) is 0 Å². The molecule has 11 heteroatoms. The molecule has 144 valence electrons. The fourth-order valence-electron chi connectivity index (χ4n) is 2.01. The number of rotatable bonds is 7. The minimum absolute atomic E-state index is 0.138. The molecule has 27 heavy (non-hydrogen) atoms. The normalized spacial score (nSPS) is 10.9. The van der Waals surface area contributed by atoms with E-state index in [1.165, 1.54) is 42.5 Å². The molecule has 2 aromatic carbocycles. The van der Waals surface area contributed by atoms with Gasteiger partial charge in [-0.25, -0.2) is 22.7 Å². The van der Waals surface area contributed by atoms with E-state index in [1.54, 1.807) is 0 Å². The summed E-state index contributed by atoms with van der Waals surface area (Å²) < 4.78 is 31.7. The third-order valence-electron chi connectivity index (χ3n) is 3.17. The van der Waals surface area contributed by atoms with Crippen molar-refractivity contribution in [2.75, 3.05) is 17.3 Å². The van der Waals surface area contributed by atoms with E-state index < -0.39 is 22.0 Å². The van der Waals surface area contributed by atoms with Crippen molar-refractivity contribution in [3.8, 4) is 5.75 Å². The second-order valence-electron chi connectivity index (χ2n) is 5.06. The molecular formula is C16H14BrClN2O6S. The lowest BCUT2D eigenvalue weighted by Gasteiger charge is -2.11. The number of hydrogen-bond acceptors (Lipinski definition) is 5. The zero-order valence-corrected chi connectivity index (χ0v) is 16.8. The second-order valence-corrected chi connectivity index (χ2v) is 7.98. The van der Waals surface area contributed by atoms with Crippen molar-refractivity contribution in [2.24, 2.45) is 0 Å². The van der Waals surface area contributed by atoms with E-state index in [9.17, 15) is 18.0 Å². The number of urea groups is 1. The SMILES string of the molecule is O=C(Nc1cc(Cl)ccc1C(=O)O)NS(=O)(=O)c1ccc(OCCBr)cc1. The Hall–Kier alpha value is -2.30. The number of carboxylic acid groups (broad SMARTS) is 1. The van der Waals surface area contributed by atoms with Crippen LogP contribution in [-0.2, 0) is 10.0 Å². The van der Waals surface area contributed by atoms with Crippen LogP contribution in [0.5, 0.6) is 5.75 Å². The number of carboxylic acids is 1. The van der Waals surface area contributed by atoms with Crippen LogP contribution in [0, 0.1) is 0 Å². The second kappa shape index (κ2) is 9.07. The molecule has 0 radical (unpaired) electrons. The predicted molar refractivity (Wildman–Crippen MR) is 103 cm³/mol. The fourth-order valence-corrected chi connectivity index (χ4v) is 3.25. The van der Waals surface area contributed by atoms with Crippen molar-refractivity contribution in [3.05, 3.63) is 53.1 Å². The highest BCUT2D eigenvalue weighted by molar-refractivity contribution is 9.09. The van der Waals surface area contributed by atoms with Crippen LogP contribution in [0.1, 0.15) is 10.4 Å². The number of ether oxygens (including phenoxy) is 1. The number of benzene rings is 2. The number of anilines is 1. The van der Waals surface area contributed by atoms with Gasteiger partial charge in [0.25, 0.3) is 10.0 Å². The van der Waals surface area contributed by atoms with Gasteiger partial charge in [0.15, 0.2) is 0 Å². The molecule has 3 N–H and O–H groups in total. The molecule has 2 amide bonds. The summed E-state index contributed by atoms with van der Waals surface area (Å²) >= 11 is 8.99. The lowest BCUT2D eigenvalue weighted by atomic mass is 10.2. The largest absolute Gasteiger partial charge is 0.493 e. The van der Waals surface area contributed by atoms with Gasteiger partial charge >= 0.3 is 12.0 Å². The zero-order chi connectivity index (χ0) is 20.0. The van der Waals surface area contributed by atoms with E-state index in [4.69, 9.17) is 21.4 Å². The Bertz CT molecular complexity index is 950. The molecule has 0 aromatic heterocycles. The number of amides is 2. The summed E-state index contributed by atoms with van der Waals surface area (Å²) in [6.45, 7) is 0.415. The highest BCUT2D eigenvalue weighted by Gasteiger charge is 2.19. The van der Waals surface area contributed by atoms with Gasteiger partial charge in [0.1, 0.15) is 5.75 Å². The monoisotopic (exact) mass is 476 g/mol. The number of hydrogen-bond donors (Lipinski definition) is 3. The quantitative estimate of drug-likeness (QED) is 0.526. The molecule has 0 aliphatic heterocycles. The average molecular weight is 478 g/mol. The van der Waals surface area contributed by atoms with Gasteiger partial charge in [-0.1, -0.05) is 27.5 Å². The van der Waals surface area contributed by atoms with E-state index >= 15 is 0 Å². The number of halogens is 2. The Balaban J connectivity index is 2.13. The Labute approximate surface area is 168 Å². The molecule has 0 aliphatic rings. The first kappa shape index (κ1) is 21.0. The Morgan fingerprint density at radius 1 is 1.15 bits per heavy atom. The van der Waals surface area contributed by atoms with Crippen molar-refractivity contribution in [2.45, 2.75) is 4.90 Å². The maximum Gasteiger partial charge on any atom is 0.337 e. The molecule has 0 fully saturated rings. The summed E-state index contributed by atoms with van der Waals surface area (Å²) in [4.78, 5) is 23.0. The van der Waals surface area contributed by atoms with Gasteiger partial charge < -0.3 is 15.2 Å². The number of carbonyl (C=O) groups excluding carboxylic acids is 1. The van der Waals surface area contributed by atoms with Crippen molar-refractivity contribution in [1.82, 2.24) is 4.72 Å². The molecule has 0 saturated carbocycles. The topological polar surface area (TPSA) is 122 Å². The van der Waals surface area contributed by atoms with Crippen LogP contribution in [0.15, 0.2) is 47.4 Å². The van der Waals surface area contributed by atoms with E-state index in [0.29, 0.717) is 17.7 Å². The highest BCUT2D eigenvalue weighted by Crippen LogP contribution is 2.21. The predicted octanol–water partition coefficient (Wildman–Crippen LogP) is 3.32. The van der Waals surface area contributed by atoms with E-state index in [-0.39, 0.29) is 21.2 Å². The minimum atomic E-state index is -4.17. The van der Waals surface area contributed by atoms with Crippen molar-refractivity contribution < 1.29 is 27.9 Å². The fraction of sp³-hybridized carbons (Fsp3) is 0.125. The molecule has 2 rings (SSSR count). The summed E-state index contributed by atoms with van der Waals surface area (Å²) in [5.41, 5.74) is -0.374.